The Morgan fingerprint density at radius 3 is 1.97 bits per heavy atom. The zero-order valence-corrected chi connectivity index (χ0v) is 21.2. The summed E-state index contributed by atoms with van der Waals surface area (Å²) in [6, 6.07) is 11.2. The van der Waals surface area contributed by atoms with Crippen molar-refractivity contribution in [2.45, 2.75) is 70.9 Å². The molecule has 0 aliphatic heterocycles. The van der Waals surface area contributed by atoms with Crippen molar-refractivity contribution in [3.8, 4) is 0 Å². The number of hydrogen-bond acceptors (Lipinski definition) is 3. The number of nitrogens with zero attached hydrogens (tertiary/aromatic N) is 2. The topological polar surface area (TPSA) is 69.7 Å². The molecule has 0 unspecified atom stereocenters. The summed E-state index contributed by atoms with van der Waals surface area (Å²) in [7, 11) is 0. The molecule has 0 spiro atoms. The lowest BCUT2D eigenvalue weighted by atomic mass is 10.1. The highest BCUT2D eigenvalue weighted by atomic mass is 19.4. The van der Waals surface area contributed by atoms with E-state index in [-0.39, 0.29) is 37.4 Å². The van der Waals surface area contributed by atoms with E-state index in [0.29, 0.717) is 12.0 Å². The summed E-state index contributed by atoms with van der Waals surface area (Å²) < 4.78 is 55.8. The van der Waals surface area contributed by atoms with Crippen molar-refractivity contribution in [3.05, 3.63) is 71.0 Å². The summed E-state index contributed by atoms with van der Waals surface area (Å²) in [4.78, 5) is 39.6. The van der Waals surface area contributed by atoms with Gasteiger partial charge in [-0.2, -0.15) is 0 Å². The molecule has 0 atom stereocenters. The van der Waals surface area contributed by atoms with Crippen LogP contribution in [0, 0.1) is 5.82 Å². The Morgan fingerprint density at radius 2 is 1.49 bits per heavy atom. The quantitative estimate of drug-likeness (QED) is 0.376. The summed E-state index contributed by atoms with van der Waals surface area (Å²) in [5.41, 5.74) is -1.57. The number of halogens is 4. The molecule has 0 radical (unpaired) electrons. The predicted molar refractivity (Wildman–Crippen MR) is 130 cm³/mol. The van der Waals surface area contributed by atoms with Gasteiger partial charge in [0.25, 0.3) is 11.8 Å². The van der Waals surface area contributed by atoms with Gasteiger partial charge in [0.1, 0.15) is 11.4 Å². The molecule has 10 heteroatoms. The van der Waals surface area contributed by atoms with Gasteiger partial charge in [-0.1, -0.05) is 24.3 Å². The third-order valence-electron chi connectivity index (χ3n) is 6.38. The van der Waals surface area contributed by atoms with Crippen molar-refractivity contribution >= 4 is 17.7 Å². The van der Waals surface area contributed by atoms with Gasteiger partial charge < -0.3 is 10.2 Å². The zero-order valence-electron chi connectivity index (χ0n) is 21.2. The Kier molecular flexibility index (Phi) is 8.29. The molecule has 0 aromatic heterocycles. The van der Waals surface area contributed by atoms with Gasteiger partial charge in [-0.25, -0.2) is 9.29 Å². The fraction of sp³-hybridized carbons (Fsp3) is 0.444. The normalized spacial score (nSPS) is 14.4. The minimum Gasteiger partial charge on any atom is -0.354 e. The lowest BCUT2D eigenvalue weighted by Crippen LogP contribution is -2.58. The minimum atomic E-state index is -5.17. The number of rotatable bonds is 9. The molecular formula is C27H31F4N3O3. The first-order chi connectivity index (χ1) is 17.3. The first-order valence-electron chi connectivity index (χ1n) is 12.2. The molecule has 6 nitrogen and oxygen atoms in total. The summed E-state index contributed by atoms with van der Waals surface area (Å²) in [6.45, 7) is 7.77. The first-order valence-corrected chi connectivity index (χ1v) is 12.2. The van der Waals surface area contributed by atoms with Crippen LogP contribution in [0.3, 0.4) is 0 Å². The number of alkyl halides is 3. The first kappa shape index (κ1) is 28.1. The van der Waals surface area contributed by atoms with Crippen LogP contribution < -0.4 is 5.32 Å². The van der Waals surface area contributed by atoms with Crippen molar-refractivity contribution in [1.82, 2.24) is 15.1 Å². The third-order valence-corrected chi connectivity index (χ3v) is 6.38. The number of nitrogens with one attached hydrogen (secondary N) is 1. The average molecular weight is 522 g/mol. The Bertz CT molecular complexity index is 1130. The summed E-state index contributed by atoms with van der Waals surface area (Å²) in [5, 5.41) is 2.49. The van der Waals surface area contributed by atoms with E-state index in [1.807, 2.05) is 27.7 Å². The summed E-state index contributed by atoms with van der Waals surface area (Å²) in [6.07, 6.45) is -5.23. The third kappa shape index (κ3) is 6.11. The van der Waals surface area contributed by atoms with E-state index in [9.17, 15) is 31.9 Å². The maximum Gasteiger partial charge on any atom is 0.488 e. The van der Waals surface area contributed by atoms with Crippen LogP contribution >= 0.6 is 0 Å². The monoisotopic (exact) mass is 521 g/mol. The van der Waals surface area contributed by atoms with Crippen molar-refractivity contribution < 1.29 is 31.9 Å². The molecular weight excluding hydrogens is 490 g/mol. The lowest BCUT2D eigenvalue weighted by Gasteiger charge is -2.32. The van der Waals surface area contributed by atoms with E-state index < -0.39 is 39.9 Å². The molecule has 3 rings (SSSR count). The number of carbonyl (C=O) groups excluding carboxylic acids is 3. The Balaban J connectivity index is 1.66. The zero-order chi connectivity index (χ0) is 27.5. The minimum absolute atomic E-state index is 0.0254. The molecule has 1 saturated carbocycles. The van der Waals surface area contributed by atoms with E-state index in [1.165, 1.54) is 12.1 Å². The fourth-order valence-corrected chi connectivity index (χ4v) is 4.49. The highest BCUT2D eigenvalue weighted by Gasteiger charge is 2.64. The number of carbonyl (C=O) groups is 3. The summed E-state index contributed by atoms with van der Waals surface area (Å²) >= 11 is 0. The second kappa shape index (κ2) is 10.9. The van der Waals surface area contributed by atoms with Crippen LogP contribution in [0.15, 0.2) is 48.5 Å². The molecule has 1 fully saturated rings. The van der Waals surface area contributed by atoms with Gasteiger partial charge in [-0.15, -0.1) is 13.2 Å². The largest absolute Gasteiger partial charge is 0.488 e. The highest BCUT2D eigenvalue weighted by Crippen LogP contribution is 2.48. The molecule has 37 heavy (non-hydrogen) atoms. The highest BCUT2D eigenvalue weighted by molar-refractivity contribution is 6.01. The van der Waals surface area contributed by atoms with Gasteiger partial charge in [0.2, 0.25) is 5.91 Å². The van der Waals surface area contributed by atoms with Crippen molar-refractivity contribution in [1.29, 1.82) is 0 Å². The Hall–Kier alpha value is -3.43. The van der Waals surface area contributed by atoms with E-state index in [1.54, 1.807) is 29.2 Å². The molecule has 0 heterocycles. The number of amides is 3. The fourth-order valence-electron chi connectivity index (χ4n) is 4.49. The van der Waals surface area contributed by atoms with Crippen LogP contribution in [0.1, 0.15) is 66.8 Å². The summed E-state index contributed by atoms with van der Waals surface area (Å²) in [5.74, 6) is -3.74. The van der Waals surface area contributed by atoms with Gasteiger partial charge in [0.05, 0.1) is 5.56 Å². The standard InChI is InChI=1S/C27H31F4N3O3/c1-17(2)33(18(3)4)23(35)20-11-9-19(10-12-20)13-16-32-25(37)26(14-15-26)34(27(29,30)31)24(36)21-7-5-6-8-22(21)28/h5-12,17-18H,13-16H2,1-4H3,(H,32,37). The SMILES string of the molecule is CC(C)N(C(=O)c1ccc(CCNC(=O)C2(N(C(=O)c3ccccc3F)C(F)(F)F)CC2)cc1)C(C)C. The van der Waals surface area contributed by atoms with E-state index >= 15 is 0 Å². The number of benzene rings is 2. The van der Waals surface area contributed by atoms with Crippen LogP contribution in [0.5, 0.6) is 0 Å². The molecule has 1 aliphatic rings. The molecule has 1 N–H and O–H groups in total. The Morgan fingerprint density at radius 1 is 0.919 bits per heavy atom. The van der Waals surface area contributed by atoms with Crippen LogP contribution in [-0.4, -0.2) is 58.0 Å². The van der Waals surface area contributed by atoms with E-state index in [4.69, 9.17) is 0 Å². The Labute approximate surface area is 213 Å². The van der Waals surface area contributed by atoms with Crippen LogP contribution in [0.2, 0.25) is 0 Å². The van der Waals surface area contributed by atoms with Crippen LogP contribution in [-0.2, 0) is 11.2 Å². The maximum atomic E-state index is 14.1. The molecule has 0 saturated heterocycles. The van der Waals surface area contributed by atoms with Crippen molar-refractivity contribution in [2.75, 3.05) is 6.54 Å². The molecule has 2 aromatic carbocycles. The maximum absolute atomic E-state index is 14.1. The van der Waals surface area contributed by atoms with Gasteiger partial charge in [-0.05, 0) is 76.8 Å². The second-order valence-electron chi connectivity index (χ2n) is 9.72. The number of hydrogen-bond donors (Lipinski definition) is 1. The smallest absolute Gasteiger partial charge is 0.354 e. The molecule has 2 aromatic rings. The molecule has 0 bridgehead atoms. The van der Waals surface area contributed by atoms with Crippen LogP contribution in [0.4, 0.5) is 17.6 Å². The van der Waals surface area contributed by atoms with Gasteiger partial charge in [0, 0.05) is 24.2 Å². The lowest BCUT2D eigenvalue weighted by molar-refractivity contribution is -0.239. The average Bonchev–Trinajstić information content (AvgIpc) is 3.59. The second-order valence-corrected chi connectivity index (χ2v) is 9.72. The van der Waals surface area contributed by atoms with Gasteiger partial charge in [-0.3, -0.25) is 14.4 Å². The van der Waals surface area contributed by atoms with Crippen molar-refractivity contribution in [2.24, 2.45) is 0 Å². The van der Waals surface area contributed by atoms with Crippen LogP contribution in [0.25, 0.3) is 0 Å². The van der Waals surface area contributed by atoms with Gasteiger partial charge >= 0.3 is 6.30 Å². The van der Waals surface area contributed by atoms with E-state index in [0.717, 1.165) is 17.7 Å². The molecule has 3 amide bonds. The predicted octanol–water partition coefficient (Wildman–Crippen LogP) is 4.94. The van der Waals surface area contributed by atoms with Crippen molar-refractivity contribution in [3.63, 3.8) is 0 Å². The van der Waals surface area contributed by atoms with Gasteiger partial charge in [0.15, 0.2) is 0 Å². The molecule has 1 aliphatic carbocycles. The molecule has 200 valence electrons. The van der Waals surface area contributed by atoms with E-state index in [2.05, 4.69) is 5.32 Å².